The molecule has 4 heteroatoms. The van der Waals surface area contributed by atoms with Gasteiger partial charge in [0, 0.05) is 13.1 Å². The molecule has 28 heavy (non-hydrogen) atoms. The van der Waals surface area contributed by atoms with Crippen LogP contribution in [0.1, 0.15) is 55.2 Å². The van der Waals surface area contributed by atoms with Crippen LogP contribution in [0.25, 0.3) is 0 Å². The molecule has 2 aromatic rings. The van der Waals surface area contributed by atoms with Gasteiger partial charge in [-0.2, -0.15) is 0 Å². The van der Waals surface area contributed by atoms with Crippen LogP contribution in [0.3, 0.4) is 0 Å². The molecule has 0 aromatic heterocycles. The molecule has 1 N–H and O–H groups in total. The van der Waals surface area contributed by atoms with Crippen LogP contribution >= 0.6 is 0 Å². The zero-order valence-electron chi connectivity index (χ0n) is 16.5. The van der Waals surface area contributed by atoms with Crippen molar-refractivity contribution in [3.63, 3.8) is 0 Å². The van der Waals surface area contributed by atoms with E-state index in [1.165, 1.54) is 12.0 Å². The summed E-state index contributed by atoms with van der Waals surface area (Å²) < 4.78 is 0. The Bertz CT molecular complexity index is 761. The van der Waals surface area contributed by atoms with Crippen LogP contribution in [0.5, 0.6) is 5.75 Å². The van der Waals surface area contributed by atoms with Crippen molar-refractivity contribution >= 4 is 5.91 Å². The molecule has 4 rings (SSSR count). The fourth-order valence-corrected chi connectivity index (χ4v) is 4.67. The number of likely N-dealkylation sites (tertiary alicyclic amines) is 2. The predicted molar refractivity (Wildman–Crippen MR) is 111 cm³/mol. The summed E-state index contributed by atoms with van der Waals surface area (Å²) in [7, 11) is 0. The minimum atomic E-state index is -0.167. The number of phenols is 1. The predicted octanol–water partition coefficient (Wildman–Crippen LogP) is 4.33. The molecule has 0 aliphatic carbocycles. The lowest BCUT2D eigenvalue weighted by Crippen LogP contribution is -2.47. The van der Waals surface area contributed by atoms with Crippen LogP contribution in [-0.4, -0.2) is 47.0 Å². The van der Waals surface area contributed by atoms with Gasteiger partial charge in [0.15, 0.2) is 0 Å². The second kappa shape index (κ2) is 8.78. The fraction of sp³-hybridized carbons (Fsp3) is 0.458. The summed E-state index contributed by atoms with van der Waals surface area (Å²) in [6.45, 7) is 3.63. The number of piperidine rings is 2. The monoisotopic (exact) mass is 378 g/mol. The topological polar surface area (TPSA) is 43.8 Å². The van der Waals surface area contributed by atoms with E-state index in [2.05, 4.69) is 21.9 Å². The average Bonchev–Trinajstić information content (AvgIpc) is 2.76. The Hall–Kier alpha value is -2.33. The Morgan fingerprint density at radius 2 is 1.50 bits per heavy atom. The van der Waals surface area contributed by atoms with Gasteiger partial charge in [0.05, 0.1) is 0 Å². The number of benzene rings is 2. The van der Waals surface area contributed by atoms with Crippen molar-refractivity contribution in [2.75, 3.05) is 26.2 Å². The number of nitrogens with zero attached hydrogens (tertiary/aromatic N) is 2. The molecule has 1 atom stereocenters. The maximum absolute atomic E-state index is 13.4. The third-order valence-corrected chi connectivity index (χ3v) is 6.28. The molecule has 0 spiro atoms. The van der Waals surface area contributed by atoms with E-state index in [9.17, 15) is 9.90 Å². The second-order valence-electron chi connectivity index (χ2n) is 8.10. The smallest absolute Gasteiger partial charge is 0.244 e. The van der Waals surface area contributed by atoms with Gasteiger partial charge in [-0.15, -0.1) is 0 Å². The van der Waals surface area contributed by atoms with Crippen molar-refractivity contribution in [2.45, 2.75) is 44.1 Å². The number of hydrogen-bond donors (Lipinski definition) is 1. The summed E-state index contributed by atoms with van der Waals surface area (Å²) in [4.78, 5) is 17.9. The molecule has 148 valence electrons. The standard InChI is InChI=1S/C24H30N2O2/c27-22-11-9-19(10-12-22)20-13-17-25(18-14-20)23(21-7-3-1-4-8-21)24(28)26-15-5-2-6-16-26/h1,3-4,7-12,20,23,27H,2,5-6,13-18H2. The molecule has 0 bridgehead atoms. The molecule has 0 radical (unpaired) electrons. The summed E-state index contributed by atoms with van der Waals surface area (Å²) in [6, 6.07) is 17.7. The van der Waals surface area contributed by atoms with E-state index in [-0.39, 0.29) is 11.9 Å². The van der Waals surface area contributed by atoms with Crippen molar-refractivity contribution in [3.8, 4) is 5.75 Å². The SMILES string of the molecule is O=C(C(c1ccccc1)N1CCC(c2ccc(O)cc2)CC1)N1CCCCC1. The van der Waals surface area contributed by atoms with Gasteiger partial charge < -0.3 is 10.0 Å². The van der Waals surface area contributed by atoms with Crippen LogP contribution in [0.15, 0.2) is 54.6 Å². The van der Waals surface area contributed by atoms with Crippen molar-refractivity contribution in [1.29, 1.82) is 0 Å². The first kappa shape index (κ1) is 19.0. The summed E-state index contributed by atoms with van der Waals surface area (Å²) in [6.07, 6.45) is 5.56. The maximum atomic E-state index is 13.4. The highest BCUT2D eigenvalue weighted by Gasteiger charge is 2.34. The molecule has 4 nitrogen and oxygen atoms in total. The van der Waals surface area contributed by atoms with Crippen LogP contribution < -0.4 is 0 Å². The first-order valence-corrected chi connectivity index (χ1v) is 10.6. The van der Waals surface area contributed by atoms with Gasteiger partial charge in [-0.3, -0.25) is 9.69 Å². The van der Waals surface area contributed by atoms with Crippen molar-refractivity contribution in [1.82, 2.24) is 9.80 Å². The lowest BCUT2D eigenvalue weighted by Gasteiger charge is -2.40. The number of carbonyl (C=O) groups excluding carboxylic acids is 1. The normalized spacial score (nSPS) is 20.1. The van der Waals surface area contributed by atoms with Crippen molar-refractivity contribution in [3.05, 3.63) is 65.7 Å². The Morgan fingerprint density at radius 3 is 2.14 bits per heavy atom. The molecule has 2 aromatic carbocycles. The highest BCUT2D eigenvalue weighted by molar-refractivity contribution is 5.83. The van der Waals surface area contributed by atoms with Gasteiger partial charge in [0.2, 0.25) is 5.91 Å². The minimum Gasteiger partial charge on any atom is -0.508 e. The Morgan fingerprint density at radius 1 is 0.857 bits per heavy atom. The van der Waals surface area contributed by atoms with Gasteiger partial charge in [0.25, 0.3) is 0 Å². The molecular formula is C24H30N2O2. The van der Waals surface area contributed by atoms with E-state index in [1.807, 2.05) is 30.3 Å². The van der Waals surface area contributed by atoms with Crippen LogP contribution in [0.2, 0.25) is 0 Å². The maximum Gasteiger partial charge on any atom is 0.244 e. The third-order valence-electron chi connectivity index (χ3n) is 6.28. The van der Waals surface area contributed by atoms with Gasteiger partial charge in [0.1, 0.15) is 11.8 Å². The van der Waals surface area contributed by atoms with Gasteiger partial charge in [-0.25, -0.2) is 0 Å². The quantitative estimate of drug-likeness (QED) is 0.861. The van der Waals surface area contributed by atoms with Gasteiger partial charge in [-0.1, -0.05) is 42.5 Å². The number of phenolic OH excluding ortho intramolecular Hbond substituents is 1. The first-order valence-electron chi connectivity index (χ1n) is 10.6. The molecular weight excluding hydrogens is 348 g/mol. The van der Waals surface area contributed by atoms with Crippen molar-refractivity contribution < 1.29 is 9.90 Å². The van der Waals surface area contributed by atoms with Crippen LogP contribution in [0, 0.1) is 0 Å². The third kappa shape index (κ3) is 4.22. The number of aromatic hydroxyl groups is 1. The van der Waals surface area contributed by atoms with E-state index >= 15 is 0 Å². The summed E-state index contributed by atoms with van der Waals surface area (Å²) in [5.41, 5.74) is 2.40. The summed E-state index contributed by atoms with van der Waals surface area (Å²) in [5.74, 6) is 1.09. The fourth-order valence-electron chi connectivity index (χ4n) is 4.67. The first-order chi connectivity index (χ1) is 13.7. The Balaban J connectivity index is 1.49. The van der Waals surface area contributed by atoms with Crippen LogP contribution in [0.4, 0.5) is 0 Å². The number of rotatable bonds is 4. The number of carbonyl (C=O) groups is 1. The lowest BCUT2D eigenvalue weighted by atomic mass is 9.88. The van der Waals surface area contributed by atoms with Gasteiger partial charge in [-0.05, 0) is 74.4 Å². The molecule has 1 amide bonds. The number of hydrogen-bond acceptors (Lipinski definition) is 3. The molecule has 2 saturated heterocycles. The highest BCUT2D eigenvalue weighted by atomic mass is 16.3. The molecule has 2 heterocycles. The largest absolute Gasteiger partial charge is 0.508 e. The van der Waals surface area contributed by atoms with E-state index in [0.717, 1.165) is 57.4 Å². The molecule has 1 unspecified atom stereocenters. The zero-order chi connectivity index (χ0) is 19.3. The number of amides is 1. The second-order valence-corrected chi connectivity index (χ2v) is 8.10. The lowest BCUT2D eigenvalue weighted by molar-refractivity contribution is -0.138. The molecule has 2 aliphatic heterocycles. The molecule has 2 aliphatic rings. The summed E-state index contributed by atoms with van der Waals surface area (Å²) in [5, 5.41) is 9.53. The van der Waals surface area contributed by atoms with Crippen molar-refractivity contribution in [2.24, 2.45) is 0 Å². The highest BCUT2D eigenvalue weighted by Crippen LogP contribution is 2.34. The van der Waals surface area contributed by atoms with Crippen LogP contribution in [-0.2, 0) is 4.79 Å². The Labute approximate surface area is 167 Å². The minimum absolute atomic E-state index is 0.167. The Kier molecular flexibility index (Phi) is 5.96. The zero-order valence-corrected chi connectivity index (χ0v) is 16.5. The summed E-state index contributed by atoms with van der Waals surface area (Å²) >= 11 is 0. The molecule has 0 saturated carbocycles. The van der Waals surface area contributed by atoms with E-state index in [1.54, 1.807) is 12.1 Å². The van der Waals surface area contributed by atoms with E-state index < -0.39 is 0 Å². The average molecular weight is 379 g/mol. The van der Waals surface area contributed by atoms with E-state index in [4.69, 9.17) is 0 Å². The van der Waals surface area contributed by atoms with Gasteiger partial charge >= 0.3 is 0 Å². The van der Waals surface area contributed by atoms with E-state index in [0.29, 0.717) is 11.7 Å². The molecule has 2 fully saturated rings.